The van der Waals surface area contributed by atoms with Gasteiger partial charge < -0.3 is 25.4 Å². The number of ether oxygens (including phenoxy) is 2. The van der Waals surface area contributed by atoms with E-state index in [1.54, 1.807) is 24.5 Å². The Morgan fingerprint density at radius 1 is 1.34 bits per heavy atom. The maximum absolute atomic E-state index is 14.0. The van der Waals surface area contributed by atoms with Crippen molar-refractivity contribution in [2.75, 3.05) is 25.6 Å². The maximum Gasteiger partial charge on any atom is 0.256 e. The molecule has 0 aliphatic carbocycles. The molecule has 2 aromatic rings. The van der Waals surface area contributed by atoms with Crippen molar-refractivity contribution in [3.8, 4) is 11.5 Å². The number of carbonyl (C=O) groups is 1. The number of thiocarbonyl (C=S) groups is 1. The minimum Gasteiger partial charge on any atom is -0.492 e. The third-order valence-corrected chi connectivity index (χ3v) is 5.26. The molecule has 1 aromatic heterocycles. The van der Waals surface area contributed by atoms with Crippen molar-refractivity contribution in [2.45, 2.75) is 32.7 Å². The van der Waals surface area contributed by atoms with E-state index in [4.69, 9.17) is 21.7 Å². The summed E-state index contributed by atoms with van der Waals surface area (Å²) in [6.07, 6.45) is 5.98. The summed E-state index contributed by atoms with van der Waals surface area (Å²) >= 11 is 5.51. The van der Waals surface area contributed by atoms with E-state index >= 15 is 0 Å². The SMILES string of the molecule is CCCCOc1cnccc1CNC1=C(C(=S)Nc2cccc(F)c2OC)C(=O)NCC1. The van der Waals surface area contributed by atoms with Gasteiger partial charge >= 0.3 is 0 Å². The molecule has 1 amide bonds. The van der Waals surface area contributed by atoms with Crippen molar-refractivity contribution in [3.05, 3.63) is 59.3 Å². The van der Waals surface area contributed by atoms with E-state index in [0.717, 1.165) is 18.4 Å². The highest BCUT2D eigenvalue weighted by atomic mass is 32.1. The largest absolute Gasteiger partial charge is 0.492 e. The number of amides is 1. The van der Waals surface area contributed by atoms with E-state index in [9.17, 15) is 9.18 Å². The van der Waals surface area contributed by atoms with Crippen LogP contribution in [0.5, 0.6) is 11.5 Å². The van der Waals surface area contributed by atoms with Crippen molar-refractivity contribution in [1.29, 1.82) is 0 Å². The topological polar surface area (TPSA) is 84.5 Å². The number of nitrogens with zero attached hydrogens (tertiary/aromatic N) is 1. The minimum atomic E-state index is -0.519. The summed E-state index contributed by atoms with van der Waals surface area (Å²) in [7, 11) is 1.38. The summed E-state index contributed by atoms with van der Waals surface area (Å²) in [6.45, 7) is 3.66. The quantitative estimate of drug-likeness (QED) is 0.370. The highest BCUT2D eigenvalue weighted by Gasteiger charge is 2.25. The molecule has 0 spiro atoms. The zero-order valence-corrected chi connectivity index (χ0v) is 19.0. The molecule has 3 N–H and O–H groups in total. The van der Waals surface area contributed by atoms with Crippen LogP contribution < -0.4 is 25.4 Å². The van der Waals surface area contributed by atoms with Crippen molar-refractivity contribution < 1.29 is 18.7 Å². The third-order valence-electron chi connectivity index (χ3n) is 4.95. The van der Waals surface area contributed by atoms with E-state index in [1.165, 1.54) is 13.2 Å². The number of halogens is 1. The molecule has 9 heteroatoms. The van der Waals surface area contributed by atoms with Gasteiger partial charge in [-0.1, -0.05) is 31.6 Å². The average molecular weight is 459 g/mol. The van der Waals surface area contributed by atoms with E-state index in [-0.39, 0.29) is 16.6 Å². The summed E-state index contributed by atoms with van der Waals surface area (Å²) in [5, 5.41) is 9.09. The fourth-order valence-corrected chi connectivity index (χ4v) is 3.61. The predicted octanol–water partition coefficient (Wildman–Crippen LogP) is 3.71. The molecule has 2 heterocycles. The Balaban J connectivity index is 1.79. The van der Waals surface area contributed by atoms with Gasteiger partial charge in [0.25, 0.3) is 5.91 Å². The minimum absolute atomic E-state index is 0.0341. The zero-order chi connectivity index (χ0) is 22.9. The van der Waals surface area contributed by atoms with Crippen molar-refractivity contribution >= 4 is 28.8 Å². The Bertz CT molecular complexity index is 1010. The van der Waals surface area contributed by atoms with Crippen LogP contribution in [0.15, 0.2) is 47.9 Å². The second kappa shape index (κ2) is 11.4. The van der Waals surface area contributed by atoms with Gasteiger partial charge in [-0.2, -0.15) is 0 Å². The first-order valence-corrected chi connectivity index (χ1v) is 10.9. The molecule has 0 bridgehead atoms. The molecular formula is C23H27FN4O3S. The maximum atomic E-state index is 14.0. The first-order chi connectivity index (χ1) is 15.5. The summed E-state index contributed by atoms with van der Waals surface area (Å²) in [6, 6.07) is 6.35. The van der Waals surface area contributed by atoms with Gasteiger partial charge in [0.1, 0.15) is 10.7 Å². The number of anilines is 1. The Morgan fingerprint density at radius 2 is 2.19 bits per heavy atom. The van der Waals surface area contributed by atoms with E-state index in [0.29, 0.717) is 48.8 Å². The van der Waals surface area contributed by atoms with Crippen molar-refractivity contribution in [3.63, 3.8) is 0 Å². The molecular weight excluding hydrogens is 431 g/mol. The molecule has 0 radical (unpaired) electrons. The Labute approximate surface area is 192 Å². The fraction of sp³-hybridized carbons (Fsp3) is 0.348. The summed E-state index contributed by atoms with van der Waals surface area (Å²) in [5.74, 6) is -0.0670. The lowest BCUT2D eigenvalue weighted by atomic mass is 10.1. The van der Waals surface area contributed by atoms with Crippen LogP contribution in [0, 0.1) is 5.82 Å². The number of pyridine rings is 1. The van der Waals surface area contributed by atoms with Crippen LogP contribution >= 0.6 is 12.2 Å². The molecule has 3 rings (SSSR count). The predicted molar refractivity (Wildman–Crippen MR) is 125 cm³/mol. The Kier molecular flexibility index (Phi) is 8.38. The standard InChI is InChI=1S/C23H27FN4O3S/c1-3-4-12-31-19-14-25-10-8-15(19)13-27-17-9-11-26-22(29)20(17)23(32)28-18-7-5-6-16(24)21(18)30-2/h5-8,10,14,27H,3-4,9,11-13H2,1-2H3,(H,26,29)(H,28,32). The van der Waals surface area contributed by atoms with Crippen LogP contribution in [0.25, 0.3) is 0 Å². The molecule has 1 aliphatic heterocycles. The van der Waals surface area contributed by atoms with Crippen LogP contribution in [0.3, 0.4) is 0 Å². The smallest absolute Gasteiger partial charge is 0.256 e. The normalized spacial score (nSPS) is 13.4. The van der Waals surface area contributed by atoms with Crippen LogP contribution in [0.2, 0.25) is 0 Å². The lowest BCUT2D eigenvalue weighted by Crippen LogP contribution is -2.39. The van der Waals surface area contributed by atoms with Gasteiger partial charge in [-0.05, 0) is 24.6 Å². The first-order valence-electron chi connectivity index (χ1n) is 10.5. The number of unbranched alkanes of at least 4 members (excludes halogenated alkanes) is 1. The van der Waals surface area contributed by atoms with Gasteiger partial charge in [0, 0.05) is 37.0 Å². The van der Waals surface area contributed by atoms with Crippen molar-refractivity contribution in [1.82, 2.24) is 15.6 Å². The highest BCUT2D eigenvalue weighted by Crippen LogP contribution is 2.28. The molecule has 0 saturated heterocycles. The van der Waals surface area contributed by atoms with Gasteiger partial charge in [-0.25, -0.2) is 4.39 Å². The van der Waals surface area contributed by atoms with E-state index < -0.39 is 5.82 Å². The molecule has 0 unspecified atom stereocenters. The third kappa shape index (κ3) is 5.73. The first kappa shape index (κ1) is 23.5. The number of nitrogens with one attached hydrogen (secondary N) is 3. The van der Waals surface area contributed by atoms with E-state index in [1.807, 2.05) is 6.07 Å². The van der Waals surface area contributed by atoms with Crippen LogP contribution in [-0.4, -0.2) is 36.1 Å². The van der Waals surface area contributed by atoms with Crippen molar-refractivity contribution in [2.24, 2.45) is 0 Å². The molecule has 0 fully saturated rings. The second-order valence-electron chi connectivity index (χ2n) is 7.17. The van der Waals surface area contributed by atoms with Gasteiger partial charge in [-0.3, -0.25) is 9.78 Å². The summed E-state index contributed by atoms with van der Waals surface area (Å²) in [5.41, 5.74) is 2.31. The van der Waals surface area contributed by atoms with Gasteiger partial charge in [-0.15, -0.1) is 0 Å². The van der Waals surface area contributed by atoms with Crippen LogP contribution in [0.1, 0.15) is 31.7 Å². The molecule has 0 atom stereocenters. The lowest BCUT2D eigenvalue weighted by molar-refractivity contribution is -0.117. The number of para-hydroxylation sites is 1. The average Bonchev–Trinajstić information content (AvgIpc) is 2.78. The van der Waals surface area contributed by atoms with E-state index in [2.05, 4.69) is 27.9 Å². The number of hydrogen-bond acceptors (Lipinski definition) is 6. The molecule has 32 heavy (non-hydrogen) atoms. The number of carbonyl (C=O) groups excluding carboxylic acids is 1. The number of methoxy groups -OCH3 is 1. The lowest BCUT2D eigenvalue weighted by Gasteiger charge is -2.23. The zero-order valence-electron chi connectivity index (χ0n) is 18.2. The van der Waals surface area contributed by atoms with Crippen LogP contribution in [-0.2, 0) is 11.3 Å². The fourth-order valence-electron chi connectivity index (χ4n) is 3.28. The Morgan fingerprint density at radius 3 is 2.97 bits per heavy atom. The number of rotatable bonds is 10. The summed E-state index contributed by atoms with van der Waals surface area (Å²) < 4.78 is 25.0. The van der Waals surface area contributed by atoms with Crippen LogP contribution in [0.4, 0.5) is 10.1 Å². The molecule has 1 aromatic carbocycles. The number of benzene rings is 1. The molecule has 7 nitrogen and oxygen atoms in total. The summed E-state index contributed by atoms with van der Waals surface area (Å²) in [4.78, 5) is 17.0. The second-order valence-corrected chi connectivity index (χ2v) is 7.58. The monoisotopic (exact) mass is 458 g/mol. The number of hydrogen-bond donors (Lipinski definition) is 3. The van der Waals surface area contributed by atoms with Gasteiger partial charge in [0.05, 0.1) is 31.2 Å². The van der Waals surface area contributed by atoms with Gasteiger partial charge in [0.2, 0.25) is 0 Å². The highest BCUT2D eigenvalue weighted by molar-refractivity contribution is 7.81. The Hall–Kier alpha value is -3.20. The molecule has 170 valence electrons. The number of aromatic nitrogens is 1. The molecule has 1 aliphatic rings. The van der Waals surface area contributed by atoms with Gasteiger partial charge in [0.15, 0.2) is 11.6 Å². The molecule has 0 saturated carbocycles.